The summed E-state index contributed by atoms with van der Waals surface area (Å²) in [7, 11) is 0. The van der Waals surface area contributed by atoms with Crippen molar-refractivity contribution >= 4 is 11.9 Å². The molecule has 27 heavy (non-hydrogen) atoms. The lowest BCUT2D eigenvalue weighted by Crippen LogP contribution is -2.52. The van der Waals surface area contributed by atoms with E-state index in [1.807, 2.05) is 6.92 Å². The number of benzene rings is 1. The van der Waals surface area contributed by atoms with Crippen LogP contribution in [0.5, 0.6) is 0 Å². The Morgan fingerprint density at radius 2 is 1.78 bits per heavy atom. The molecule has 0 unspecified atom stereocenters. The predicted octanol–water partition coefficient (Wildman–Crippen LogP) is 3.93. The molecule has 1 aromatic carbocycles. The van der Waals surface area contributed by atoms with Gasteiger partial charge in [0.05, 0.1) is 6.04 Å². The lowest BCUT2D eigenvalue weighted by atomic mass is 9.96. The minimum absolute atomic E-state index is 0.0432. The number of urea groups is 1. The molecule has 5 heteroatoms. The largest absolute Gasteiger partial charge is 0.348 e. The van der Waals surface area contributed by atoms with E-state index in [0.717, 1.165) is 37.7 Å². The first-order valence-corrected chi connectivity index (χ1v) is 10.5. The van der Waals surface area contributed by atoms with Crippen LogP contribution in [-0.4, -0.2) is 35.5 Å². The molecule has 0 aromatic heterocycles. The van der Waals surface area contributed by atoms with Crippen LogP contribution in [0.15, 0.2) is 24.3 Å². The molecule has 0 radical (unpaired) electrons. The van der Waals surface area contributed by atoms with Crippen molar-refractivity contribution in [3.8, 4) is 0 Å². The zero-order valence-electron chi connectivity index (χ0n) is 16.7. The maximum absolute atomic E-state index is 12.8. The highest BCUT2D eigenvalue weighted by molar-refractivity contribution is 5.88. The lowest BCUT2D eigenvalue weighted by molar-refractivity contribution is -0.125. The first-order chi connectivity index (χ1) is 13.1. The first-order valence-electron chi connectivity index (χ1n) is 10.5. The van der Waals surface area contributed by atoms with E-state index in [9.17, 15) is 9.59 Å². The van der Waals surface area contributed by atoms with Crippen molar-refractivity contribution in [3.63, 3.8) is 0 Å². The highest BCUT2D eigenvalue weighted by Gasteiger charge is 2.35. The molecule has 1 heterocycles. The second-order valence-corrected chi connectivity index (χ2v) is 7.96. The fourth-order valence-electron chi connectivity index (χ4n) is 4.22. The van der Waals surface area contributed by atoms with Crippen molar-refractivity contribution < 1.29 is 9.59 Å². The quantitative estimate of drug-likeness (QED) is 0.824. The standard InChI is InChI=1S/C22H33N3O2/c1-3-17-11-13-18(14-12-17)16(2)23-21(26)20-10-7-15-25(20)22(27)24-19-8-5-4-6-9-19/h11-14,16,19-20H,3-10,15H2,1-2H3,(H,23,26)(H,24,27)/t16-,20-/m1/s1. The number of carbonyl (C=O) groups is 2. The van der Waals surface area contributed by atoms with E-state index >= 15 is 0 Å². The molecule has 2 atom stereocenters. The Balaban J connectivity index is 1.56. The summed E-state index contributed by atoms with van der Waals surface area (Å²) in [5.41, 5.74) is 2.38. The molecular formula is C22H33N3O2. The van der Waals surface area contributed by atoms with Gasteiger partial charge in [0.15, 0.2) is 0 Å². The second kappa shape index (κ2) is 9.25. The summed E-state index contributed by atoms with van der Waals surface area (Å²) in [5.74, 6) is -0.0432. The molecule has 1 aromatic rings. The minimum atomic E-state index is -0.356. The van der Waals surface area contributed by atoms with Crippen LogP contribution >= 0.6 is 0 Å². The van der Waals surface area contributed by atoms with E-state index < -0.39 is 0 Å². The Morgan fingerprint density at radius 3 is 2.44 bits per heavy atom. The van der Waals surface area contributed by atoms with Crippen LogP contribution in [0.3, 0.4) is 0 Å². The average Bonchev–Trinajstić information content (AvgIpc) is 3.19. The van der Waals surface area contributed by atoms with Gasteiger partial charge in [-0.2, -0.15) is 0 Å². The molecule has 5 nitrogen and oxygen atoms in total. The van der Waals surface area contributed by atoms with E-state index in [-0.39, 0.29) is 30.1 Å². The normalized spacial score (nSPS) is 21.7. The Kier molecular flexibility index (Phi) is 6.75. The highest BCUT2D eigenvalue weighted by Crippen LogP contribution is 2.22. The number of aryl methyl sites for hydroxylation is 1. The van der Waals surface area contributed by atoms with Crippen LogP contribution in [0.4, 0.5) is 4.79 Å². The molecule has 1 aliphatic carbocycles. The van der Waals surface area contributed by atoms with E-state index in [0.29, 0.717) is 6.54 Å². The van der Waals surface area contributed by atoms with Crippen molar-refractivity contribution in [2.45, 2.75) is 83.3 Å². The molecule has 1 saturated carbocycles. The number of amides is 3. The van der Waals surface area contributed by atoms with Gasteiger partial charge in [-0.1, -0.05) is 50.5 Å². The molecule has 3 rings (SSSR count). The van der Waals surface area contributed by atoms with Gasteiger partial charge in [0.2, 0.25) is 5.91 Å². The van der Waals surface area contributed by atoms with Gasteiger partial charge >= 0.3 is 6.03 Å². The molecule has 3 amide bonds. The maximum atomic E-state index is 12.8. The molecule has 1 aliphatic heterocycles. The Hall–Kier alpha value is -2.04. The number of nitrogens with zero attached hydrogens (tertiary/aromatic N) is 1. The van der Waals surface area contributed by atoms with Crippen molar-refractivity contribution in [3.05, 3.63) is 35.4 Å². The van der Waals surface area contributed by atoms with E-state index in [1.54, 1.807) is 4.90 Å². The Bertz CT molecular complexity index is 637. The molecule has 148 valence electrons. The van der Waals surface area contributed by atoms with Crippen LogP contribution in [0.25, 0.3) is 0 Å². The molecule has 0 spiro atoms. The highest BCUT2D eigenvalue weighted by atomic mass is 16.2. The van der Waals surface area contributed by atoms with Crippen molar-refractivity contribution in [2.75, 3.05) is 6.54 Å². The van der Waals surface area contributed by atoms with Gasteiger partial charge in [0.1, 0.15) is 6.04 Å². The predicted molar refractivity (Wildman–Crippen MR) is 108 cm³/mol. The maximum Gasteiger partial charge on any atom is 0.318 e. The van der Waals surface area contributed by atoms with Gasteiger partial charge in [0, 0.05) is 12.6 Å². The first kappa shape index (κ1) is 19.7. The van der Waals surface area contributed by atoms with Crippen molar-refractivity contribution in [1.82, 2.24) is 15.5 Å². The Labute approximate surface area is 162 Å². The minimum Gasteiger partial charge on any atom is -0.348 e. The Morgan fingerprint density at radius 1 is 1.07 bits per heavy atom. The molecule has 2 fully saturated rings. The molecule has 1 saturated heterocycles. The van der Waals surface area contributed by atoms with E-state index in [1.165, 1.54) is 24.8 Å². The van der Waals surface area contributed by atoms with Crippen molar-refractivity contribution in [1.29, 1.82) is 0 Å². The molecular weight excluding hydrogens is 338 g/mol. The molecule has 0 bridgehead atoms. The zero-order chi connectivity index (χ0) is 19.2. The third kappa shape index (κ3) is 5.02. The van der Waals surface area contributed by atoms with E-state index in [2.05, 4.69) is 41.8 Å². The van der Waals surface area contributed by atoms with Gasteiger partial charge in [-0.25, -0.2) is 4.79 Å². The summed E-state index contributed by atoms with van der Waals surface area (Å²) >= 11 is 0. The summed E-state index contributed by atoms with van der Waals surface area (Å²) in [5, 5.41) is 6.25. The summed E-state index contributed by atoms with van der Waals surface area (Å²) in [4.78, 5) is 27.2. The average molecular weight is 372 g/mol. The van der Waals surface area contributed by atoms with Crippen LogP contribution in [0.1, 0.15) is 76.0 Å². The number of nitrogens with one attached hydrogen (secondary N) is 2. The summed E-state index contributed by atoms with van der Waals surface area (Å²) in [6, 6.07) is 8.15. The van der Waals surface area contributed by atoms with Gasteiger partial charge in [-0.15, -0.1) is 0 Å². The van der Waals surface area contributed by atoms with Gasteiger partial charge in [0.25, 0.3) is 0 Å². The fourth-order valence-corrected chi connectivity index (χ4v) is 4.22. The number of rotatable bonds is 5. The number of likely N-dealkylation sites (tertiary alicyclic amines) is 1. The number of carbonyl (C=O) groups excluding carboxylic acids is 2. The zero-order valence-corrected chi connectivity index (χ0v) is 16.7. The summed E-state index contributed by atoms with van der Waals surface area (Å²) in [6.07, 6.45) is 8.38. The van der Waals surface area contributed by atoms with Crippen LogP contribution in [0, 0.1) is 0 Å². The summed E-state index contributed by atoms with van der Waals surface area (Å²) in [6.45, 7) is 4.80. The van der Waals surface area contributed by atoms with E-state index in [4.69, 9.17) is 0 Å². The second-order valence-electron chi connectivity index (χ2n) is 7.96. The lowest BCUT2D eigenvalue weighted by Gasteiger charge is -2.29. The van der Waals surface area contributed by atoms with Gasteiger partial charge in [-0.3, -0.25) is 4.79 Å². The number of hydrogen-bond acceptors (Lipinski definition) is 2. The third-order valence-corrected chi connectivity index (χ3v) is 6.00. The third-order valence-electron chi connectivity index (χ3n) is 6.00. The van der Waals surface area contributed by atoms with Gasteiger partial charge < -0.3 is 15.5 Å². The molecule has 2 N–H and O–H groups in total. The SMILES string of the molecule is CCc1ccc([C@@H](C)NC(=O)[C@H]2CCCN2C(=O)NC2CCCCC2)cc1. The van der Waals surface area contributed by atoms with Crippen molar-refractivity contribution in [2.24, 2.45) is 0 Å². The number of hydrogen-bond donors (Lipinski definition) is 2. The smallest absolute Gasteiger partial charge is 0.318 e. The summed E-state index contributed by atoms with van der Waals surface area (Å²) < 4.78 is 0. The molecule has 2 aliphatic rings. The van der Waals surface area contributed by atoms with Crippen LogP contribution in [-0.2, 0) is 11.2 Å². The van der Waals surface area contributed by atoms with Gasteiger partial charge in [-0.05, 0) is 50.2 Å². The monoisotopic (exact) mass is 371 g/mol. The fraction of sp³-hybridized carbons (Fsp3) is 0.636. The van der Waals surface area contributed by atoms with Crippen LogP contribution in [0.2, 0.25) is 0 Å². The van der Waals surface area contributed by atoms with Crippen LogP contribution < -0.4 is 10.6 Å². The topological polar surface area (TPSA) is 61.4 Å².